The molecule has 152 valence electrons. The van der Waals surface area contributed by atoms with E-state index in [4.69, 9.17) is 9.47 Å². The van der Waals surface area contributed by atoms with Crippen LogP contribution in [0.25, 0.3) is 0 Å². The van der Waals surface area contributed by atoms with Crippen molar-refractivity contribution in [3.8, 4) is 5.75 Å². The molecular weight excluding hydrogens is 385 g/mol. The fraction of sp³-hybridized carbons (Fsp3) is 0.300. The molecule has 6 nitrogen and oxygen atoms in total. The third-order valence-corrected chi connectivity index (χ3v) is 4.69. The predicted octanol–water partition coefficient (Wildman–Crippen LogP) is 3.89. The second-order valence-electron chi connectivity index (χ2n) is 6.63. The average molecular weight is 404 g/mol. The maximum absolute atomic E-state index is 12.9. The molecule has 0 radical (unpaired) electrons. The van der Waals surface area contributed by atoms with Crippen LogP contribution in [-0.4, -0.2) is 35.3 Å². The van der Waals surface area contributed by atoms with Crippen molar-refractivity contribution in [2.45, 2.75) is 18.9 Å². The molecule has 2 heterocycles. The number of nitrogens with zero attached hydrogens (tertiary/aromatic N) is 4. The van der Waals surface area contributed by atoms with Gasteiger partial charge in [0.15, 0.2) is 6.23 Å². The molecule has 1 aromatic heterocycles. The zero-order valence-corrected chi connectivity index (χ0v) is 15.6. The summed E-state index contributed by atoms with van der Waals surface area (Å²) < 4.78 is 51.5. The number of alkyl halides is 3. The second kappa shape index (κ2) is 7.75. The number of methoxy groups -OCH3 is 1. The molecule has 4 rings (SSSR count). The highest BCUT2D eigenvalue weighted by Crippen LogP contribution is 2.36. The Bertz CT molecular complexity index is 990. The van der Waals surface area contributed by atoms with Gasteiger partial charge in [-0.15, -0.1) is 5.10 Å². The molecule has 1 aliphatic heterocycles. The lowest BCUT2D eigenvalue weighted by Gasteiger charge is -2.25. The number of hydrogen-bond acceptors (Lipinski definition) is 5. The fourth-order valence-electron chi connectivity index (χ4n) is 3.37. The number of anilines is 1. The van der Waals surface area contributed by atoms with Crippen molar-refractivity contribution < 1.29 is 22.6 Å². The van der Waals surface area contributed by atoms with Crippen molar-refractivity contribution in [1.82, 2.24) is 15.0 Å². The van der Waals surface area contributed by atoms with Gasteiger partial charge >= 0.3 is 6.18 Å². The molecule has 0 amide bonds. The number of hydrogen-bond donors (Lipinski definition) is 0. The molecule has 3 aromatic rings. The van der Waals surface area contributed by atoms with Crippen molar-refractivity contribution in [3.05, 3.63) is 71.5 Å². The topological polar surface area (TPSA) is 52.4 Å². The van der Waals surface area contributed by atoms with E-state index in [0.717, 1.165) is 23.6 Å². The van der Waals surface area contributed by atoms with Gasteiger partial charge in [0.05, 0.1) is 37.7 Å². The first kappa shape index (κ1) is 19.3. The minimum absolute atomic E-state index is 0.179. The summed E-state index contributed by atoms with van der Waals surface area (Å²) in [7, 11) is 1.61. The highest BCUT2D eigenvalue weighted by atomic mass is 19.4. The zero-order chi connectivity index (χ0) is 20.4. The third kappa shape index (κ3) is 4.04. The second-order valence-corrected chi connectivity index (χ2v) is 6.63. The lowest BCUT2D eigenvalue weighted by atomic mass is 10.1. The van der Waals surface area contributed by atoms with E-state index in [1.165, 1.54) is 10.7 Å². The summed E-state index contributed by atoms with van der Waals surface area (Å²) in [5, 5.41) is 8.25. The SMILES string of the molecule is COc1ccccc1N1CCOC1c1cn(Cc2cccc(C(F)(F)F)c2)nn1. The van der Waals surface area contributed by atoms with Gasteiger partial charge in [-0.2, -0.15) is 13.2 Å². The Morgan fingerprint density at radius 1 is 1.17 bits per heavy atom. The average Bonchev–Trinajstić information content (AvgIpc) is 3.36. The molecule has 0 aliphatic carbocycles. The Kier molecular flexibility index (Phi) is 5.14. The number of benzene rings is 2. The van der Waals surface area contributed by atoms with Gasteiger partial charge in [-0.3, -0.25) is 0 Å². The maximum atomic E-state index is 12.9. The molecule has 0 bridgehead atoms. The van der Waals surface area contributed by atoms with Gasteiger partial charge in [0, 0.05) is 6.54 Å². The standard InChI is InChI=1S/C20H19F3N4O2/c1-28-18-8-3-2-7-17(18)27-9-10-29-19(27)16-13-26(25-24-16)12-14-5-4-6-15(11-14)20(21,22)23/h2-8,11,13,19H,9-10,12H2,1H3. The van der Waals surface area contributed by atoms with Crippen molar-refractivity contribution in [2.24, 2.45) is 0 Å². The lowest BCUT2D eigenvalue weighted by molar-refractivity contribution is -0.137. The summed E-state index contributed by atoms with van der Waals surface area (Å²) in [6.45, 7) is 1.35. The normalized spacial score (nSPS) is 17.0. The van der Waals surface area contributed by atoms with E-state index in [1.807, 2.05) is 29.2 Å². The molecule has 9 heteroatoms. The molecule has 0 spiro atoms. The third-order valence-electron chi connectivity index (χ3n) is 4.69. The van der Waals surface area contributed by atoms with Gasteiger partial charge in [-0.05, 0) is 29.8 Å². The smallest absolute Gasteiger partial charge is 0.416 e. The van der Waals surface area contributed by atoms with Crippen LogP contribution in [0.5, 0.6) is 5.75 Å². The minimum Gasteiger partial charge on any atom is -0.495 e. The molecule has 1 aliphatic rings. The molecular formula is C20H19F3N4O2. The highest BCUT2D eigenvalue weighted by molar-refractivity contribution is 5.59. The van der Waals surface area contributed by atoms with E-state index in [-0.39, 0.29) is 6.54 Å². The minimum atomic E-state index is -4.38. The lowest BCUT2D eigenvalue weighted by Crippen LogP contribution is -2.24. The summed E-state index contributed by atoms with van der Waals surface area (Å²) >= 11 is 0. The van der Waals surface area contributed by atoms with Gasteiger partial charge in [-0.25, -0.2) is 4.68 Å². The first-order chi connectivity index (χ1) is 14.0. The van der Waals surface area contributed by atoms with Gasteiger partial charge in [0.2, 0.25) is 0 Å². The van der Waals surface area contributed by atoms with E-state index < -0.39 is 18.0 Å². The fourth-order valence-corrected chi connectivity index (χ4v) is 3.37. The Morgan fingerprint density at radius 2 is 2.00 bits per heavy atom. The Hall–Kier alpha value is -3.07. The van der Waals surface area contributed by atoms with Crippen molar-refractivity contribution in [1.29, 1.82) is 0 Å². The highest BCUT2D eigenvalue weighted by Gasteiger charge is 2.32. The quantitative estimate of drug-likeness (QED) is 0.646. The van der Waals surface area contributed by atoms with Crippen LogP contribution in [0.15, 0.2) is 54.7 Å². The molecule has 1 fully saturated rings. The van der Waals surface area contributed by atoms with Crippen LogP contribution in [0.3, 0.4) is 0 Å². The van der Waals surface area contributed by atoms with E-state index >= 15 is 0 Å². The van der Waals surface area contributed by atoms with Gasteiger partial charge in [0.25, 0.3) is 0 Å². The van der Waals surface area contributed by atoms with Gasteiger partial charge in [-0.1, -0.05) is 29.5 Å². The van der Waals surface area contributed by atoms with Crippen molar-refractivity contribution in [3.63, 3.8) is 0 Å². The predicted molar refractivity (Wildman–Crippen MR) is 99.6 cm³/mol. The molecule has 1 saturated heterocycles. The summed E-state index contributed by atoms with van der Waals surface area (Å²) in [5.74, 6) is 0.722. The van der Waals surface area contributed by atoms with Crippen molar-refractivity contribution >= 4 is 5.69 Å². The summed E-state index contributed by atoms with van der Waals surface area (Å²) in [6, 6.07) is 12.8. The van der Waals surface area contributed by atoms with Crippen LogP contribution >= 0.6 is 0 Å². The number of para-hydroxylation sites is 2. The van der Waals surface area contributed by atoms with Crippen LogP contribution in [0.2, 0.25) is 0 Å². The van der Waals surface area contributed by atoms with Gasteiger partial charge < -0.3 is 14.4 Å². The largest absolute Gasteiger partial charge is 0.495 e. The van der Waals surface area contributed by atoms with Gasteiger partial charge in [0.1, 0.15) is 11.4 Å². The van der Waals surface area contributed by atoms with Crippen LogP contribution in [0.4, 0.5) is 18.9 Å². The number of rotatable bonds is 5. The van der Waals surface area contributed by atoms with E-state index in [1.54, 1.807) is 19.4 Å². The Morgan fingerprint density at radius 3 is 2.79 bits per heavy atom. The van der Waals surface area contributed by atoms with E-state index in [2.05, 4.69) is 10.3 Å². The van der Waals surface area contributed by atoms with E-state index in [0.29, 0.717) is 24.4 Å². The molecule has 2 aromatic carbocycles. The van der Waals surface area contributed by atoms with Crippen molar-refractivity contribution in [2.75, 3.05) is 25.2 Å². The molecule has 0 N–H and O–H groups in total. The Labute approximate surface area is 165 Å². The molecule has 1 atom stereocenters. The number of aromatic nitrogens is 3. The summed E-state index contributed by atoms with van der Waals surface area (Å²) in [6.07, 6.45) is -3.13. The Balaban J connectivity index is 1.54. The number of ether oxygens (including phenoxy) is 2. The van der Waals surface area contributed by atoms with Crippen LogP contribution in [-0.2, 0) is 17.5 Å². The monoisotopic (exact) mass is 404 g/mol. The first-order valence-corrected chi connectivity index (χ1v) is 9.03. The first-order valence-electron chi connectivity index (χ1n) is 9.03. The van der Waals surface area contributed by atoms with Crippen LogP contribution in [0, 0.1) is 0 Å². The zero-order valence-electron chi connectivity index (χ0n) is 15.6. The molecule has 0 saturated carbocycles. The summed E-state index contributed by atoms with van der Waals surface area (Å²) in [5.41, 5.74) is 1.27. The van der Waals surface area contributed by atoms with Crippen LogP contribution in [0.1, 0.15) is 23.0 Å². The summed E-state index contributed by atoms with van der Waals surface area (Å²) in [4.78, 5) is 2.03. The number of halogens is 3. The maximum Gasteiger partial charge on any atom is 0.416 e. The van der Waals surface area contributed by atoms with Crippen LogP contribution < -0.4 is 9.64 Å². The molecule has 1 unspecified atom stereocenters. The van der Waals surface area contributed by atoms with E-state index in [9.17, 15) is 13.2 Å². The molecule has 29 heavy (non-hydrogen) atoms.